The van der Waals surface area contributed by atoms with Crippen LogP contribution in [0.1, 0.15) is 316 Å². The smallest absolute Gasteiger partial charge is 0.306 e. The van der Waals surface area contributed by atoms with E-state index in [0.717, 1.165) is 64.2 Å². The Morgan fingerprint density at radius 3 is 0.866 bits per heavy atom. The molecule has 0 aromatic rings. The van der Waals surface area contributed by atoms with E-state index in [9.17, 15) is 14.4 Å². The molecule has 0 aliphatic rings. The molecule has 0 aromatic heterocycles. The quantitative estimate of drug-likeness (QED) is 0.0262. The number of rotatable bonds is 54. The number of carbonyl (C=O) groups excluding carboxylic acids is 3. The van der Waals surface area contributed by atoms with Crippen molar-refractivity contribution in [2.24, 2.45) is 0 Å². The largest absolute Gasteiger partial charge is 0.462 e. The molecule has 0 N–H and O–H groups in total. The summed E-state index contributed by atoms with van der Waals surface area (Å²) in [4.78, 5) is 38.1. The van der Waals surface area contributed by atoms with Gasteiger partial charge < -0.3 is 14.2 Å². The highest BCUT2D eigenvalue weighted by molar-refractivity contribution is 5.71. The lowest BCUT2D eigenvalue weighted by Crippen LogP contribution is -2.30. The van der Waals surface area contributed by atoms with E-state index >= 15 is 0 Å². The van der Waals surface area contributed by atoms with Crippen LogP contribution in [0.5, 0.6) is 0 Å². The second-order valence-corrected chi connectivity index (χ2v) is 19.9. The zero-order chi connectivity index (χ0) is 48.6. The van der Waals surface area contributed by atoms with E-state index in [1.54, 1.807) is 0 Å². The predicted molar refractivity (Wildman–Crippen MR) is 289 cm³/mol. The molecule has 0 rings (SSSR count). The van der Waals surface area contributed by atoms with Crippen LogP contribution >= 0.6 is 0 Å². The van der Waals surface area contributed by atoms with Crippen LogP contribution in [0.3, 0.4) is 0 Å². The molecule has 67 heavy (non-hydrogen) atoms. The Kier molecular flexibility index (Phi) is 54.2. The molecule has 1 atom stereocenters. The molecule has 392 valence electrons. The van der Waals surface area contributed by atoms with Gasteiger partial charge in [-0.2, -0.15) is 0 Å². The van der Waals surface area contributed by atoms with Gasteiger partial charge >= 0.3 is 17.9 Å². The van der Waals surface area contributed by atoms with E-state index in [4.69, 9.17) is 14.2 Å². The van der Waals surface area contributed by atoms with E-state index in [0.29, 0.717) is 19.3 Å². The van der Waals surface area contributed by atoms with Crippen molar-refractivity contribution >= 4 is 17.9 Å². The molecular weight excluding hydrogens is 829 g/mol. The van der Waals surface area contributed by atoms with E-state index < -0.39 is 6.10 Å². The van der Waals surface area contributed by atoms with Crippen molar-refractivity contribution in [2.75, 3.05) is 13.2 Å². The topological polar surface area (TPSA) is 78.9 Å². The van der Waals surface area contributed by atoms with Gasteiger partial charge in [0.2, 0.25) is 0 Å². The van der Waals surface area contributed by atoms with Crippen LogP contribution in [0.2, 0.25) is 0 Å². The Balaban J connectivity index is 4.27. The fourth-order valence-corrected chi connectivity index (χ4v) is 8.65. The maximum absolute atomic E-state index is 12.8. The first-order valence-electron chi connectivity index (χ1n) is 29.5. The van der Waals surface area contributed by atoms with Crippen molar-refractivity contribution in [1.29, 1.82) is 0 Å². The fourth-order valence-electron chi connectivity index (χ4n) is 8.65. The highest BCUT2D eigenvalue weighted by Gasteiger charge is 2.19. The Hall–Kier alpha value is -2.37. The zero-order valence-corrected chi connectivity index (χ0v) is 44.9. The van der Waals surface area contributed by atoms with Crippen molar-refractivity contribution in [3.05, 3.63) is 36.5 Å². The van der Waals surface area contributed by atoms with Gasteiger partial charge in [-0.25, -0.2) is 0 Å². The minimum absolute atomic E-state index is 0.0709. The Labute approximate surface area is 416 Å². The molecule has 0 spiro atoms. The van der Waals surface area contributed by atoms with Crippen LogP contribution in [-0.4, -0.2) is 37.2 Å². The van der Waals surface area contributed by atoms with Crippen molar-refractivity contribution < 1.29 is 28.6 Å². The molecule has 0 aromatic carbocycles. The van der Waals surface area contributed by atoms with Crippen molar-refractivity contribution in [3.8, 4) is 0 Å². The minimum atomic E-state index is -0.771. The molecule has 0 aliphatic carbocycles. The first kappa shape index (κ1) is 64.6. The van der Waals surface area contributed by atoms with Crippen LogP contribution in [0.15, 0.2) is 36.5 Å². The lowest BCUT2D eigenvalue weighted by atomic mass is 10.1. The molecule has 0 amide bonds. The first-order chi connectivity index (χ1) is 33.0. The van der Waals surface area contributed by atoms with E-state index in [1.807, 2.05) is 0 Å². The number of hydrogen-bond donors (Lipinski definition) is 0. The zero-order valence-electron chi connectivity index (χ0n) is 44.9. The molecule has 0 saturated heterocycles. The van der Waals surface area contributed by atoms with Crippen LogP contribution in [0, 0.1) is 0 Å². The molecule has 0 saturated carbocycles. The summed E-state index contributed by atoms with van der Waals surface area (Å²) in [7, 11) is 0. The third kappa shape index (κ3) is 54.4. The Morgan fingerprint density at radius 2 is 0.537 bits per heavy atom. The standard InChI is InChI=1S/C61H112O6/c1-4-7-10-13-16-19-22-24-26-28-30-32-34-36-39-41-44-47-50-53-59(62)65-56-58(67-61(64)55-52-49-46-43-38-21-18-15-12-9-6-3)57-66-60(63)54-51-48-45-42-40-37-35-33-31-29-27-25-23-20-17-14-11-8-5-2/h16,19,24-27,58H,4-15,17-18,20-23,28-57H2,1-3H3/b19-16-,26-24-,27-25-/t58-/m1/s1. The van der Waals surface area contributed by atoms with Gasteiger partial charge in [0.1, 0.15) is 13.2 Å². The number of allylic oxidation sites excluding steroid dienone is 6. The average Bonchev–Trinajstić information content (AvgIpc) is 3.33. The third-order valence-corrected chi connectivity index (χ3v) is 13.1. The van der Waals surface area contributed by atoms with Gasteiger partial charge in [-0.3, -0.25) is 14.4 Å². The Morgan fingerprint density at radius 1 is 0.299 bits per heavy atom. The van der Waals surface area contributed by atoms with E-state index in [2.05, 4.69) is 57.2 Å². The van der Waals surface area contributed by atoms with Crippen molar-refractivity contribution in [3.63, 3.8) is 0 Å². The first-order valence-corrected chi connectivity index (χ1v) is 29.5. The monoisotopic (exact) mass is 941 g/mol. The van der Waals surface area contributed by atoms with Gasteiger partial charge in [0, 0.05) is 19.3 Å². The van der Waals surface area contributed by atoms with Gasteiger partial charge in [0.15, 0.2) is 6.10 Å². The molecule has 0 radical (unpaired) electrons. The maximum atomic E-state index is 12.8. The highest BCUT2D eigenvalue weighted by Crippen LogP contribution is 2.16. The van der Waals surface area contributed by atoms with Crippen LogP contribution in [0.25, 0.3) is 0 Å². The van der Waals surface area contributed by atoms with Crippen LogP contribution in [0.4, 0.5) is 0 Å². The molecule has 0 bridgehead atoms. The molecule has 6 heteroatoms. The van der Waals surface area contributed by atoms with Gasteiger partial charge in [-0.05, 0) is 77.0 Å². The summed E-state index contributed by atoms with van der Waals surface area (Å²) in [5, 5.41) is 0. The maximum Gasteiger partial charge on any atom is 0.306 e. The molecule has 0 unspecified atom stereocenters. The lowest BCUT2D eigenvalue weighted by Gasteiger charge is -2.18. The molecule has 0 fully saturated rings. The summed E-state index contributed by atoms with van der Waals surface area (Å²) < 4.78 is 16.9. The van der Waals surface area contributed by atoms with E-state index in [1.165, 1.54) is 212 Å². The molecule has 0 aliphatic heterocycles. The molecule has 0 heterocycles. The van der Waals surface area contributed by atoms with Crippen LogP contribution < -0.4 is 0 Å². The number of hydrogen-bond acceptors (Lipinski definition) is 6. The van der Waals surface area contributed by atoms with Crippen molar-refractivity contribution in [1.82, 2.24) is 0 Å². The summed E-state index contributed by atoms with van der Waals surface area (Å²) in [6.45, 7) is 6.64. The Bertz CT molecular complexity index is 1130. The van der Waals surface area contributed by atoms with Gasteiger partial charge in [0.05, 0.1) is 0 Å². The van der Waals surface area contributed by atoms with Crippen LogP contribution in [-0.2, 0) is 28.6 Å². The third-order valence-electron chi connectivity index (χ3n) is 13.1. The predicted octanol–water partition coefficient (Wildman–Crippen LogP) is 19.7. The highest BCUT2D eigenvalue weighted by atomic mass is 16.6. The van der Waals surface area contributed by atoms with Gasteiger partial charge in [-0.1, -0.05) is 256 Å². The molecule has 6 nitrogen and oxygen atoms in total. The second kappa shape index (κ2) is 56.2. The summed E-state index contributed by atoms with van der Waals surface area (Å²) >= 11 is 0. The number of carbonyl (C=O) groups is 3. The average molecular weight is 942 g/mol. The number of esters is 3. The van der Waals surface area contributed by atoms with E-state index in [-0.39, 0.29) is 31.1 Å². The normalized spacial score (nSPS) is 12.2. The minimum Gasteiger partial charge on any atom is -0.462 e. The molecular formula is C61H112O6. The number of ether oxygens (including phenoxy) is 3. The summed E-state index contributed by atoms with van der Waals surface area (Å²) in [5.41, 5.74) is 0. The SMILES string of the molecule is CCCCC/C=C\C/C=C\CCCCCCCCCCCC(=O)OC[C@H](COC(=O)CCCCCCCCCCC/C=C\CCCCCCCC)OC(=O)CCCCCCCCCCCCC. The van der Waals surface area contributed by atoms with Gasteiger partial charge in [0.25, 0.3) is 0 Å². The number of unbranched alkanes of at least 4 members (excludes halogenated alkanes) is 37. The summed E-state index contributed by atoms with van der Waals surface area (Å²) in [6.07, 6.45) is 67.1. The van der Waals surface area contributed by atoms with Gasteiger partial charge in [-0.15, -0.1) is 0 Å². The van der Waals surface area contributed by atoms with Crippen molar-refractivity contribution in [2.45, 2.75) is 322 Å². The fraction of sp³-hybridized carbons (Fsp3) is 0.852. The lowest BCUT2D eigenvalue weighted by molar-refractivity contribution is -0.167. The second-order valence-electron chi connectivity index (χ2n) is 19.9. The summed E-state index contributed by atoms with van der Waals surface area (Å²) in [6, 6.07) is 0. The summed E-state index contributed by atoms with van der Waals surface area (Å²) in [5.74, 6) is -0.860.